The lowest BCUT2D eigenvalue weighted by Crippen LogP contribution is -2.51. The molecule has 0 aliphatic carbocycles. The predicted molar refractivity (Wildman–Crippen MR) is 123 cm³/mol. The molecule has 0 spiro atoms. The molecule has 0 atom stereocenters. The first kappa shape index (κ1) is 22.5. The van der Waals surface area contributed by atoms with E-state index < -0.39 is 0 Å². The summed E-state index contributed by atoms with van der Waals surface area (Å²) in [6.07, 6.45) is 5.16. The summed E-state index contributed by atoms with van der Waals surface area (Å²) in [4.78, 5) is 19.0. The molecule has 0 bridgehead atoms. The minimum Gasteiger partial charge on any atom is -0.469 e. The molecule has 7 nitrogen and oxygen atoms in total. The van der Waals surface area contributed by atoms with Gasteiger partial charge in [-0.05, 0) is 36.4 Å². The second-order valence-electron chi connectivity index (χ2n) is 6.56. The number of furan rings is 1. The highest BCUT2D eigenvalue weighted by atomic mass is 127. The number of nitrogens with zero attached hydrogens (tertiary/aromatic N) is 2. The fourth-order valence-corrected chi connectivity index (χ4v) is 3.78. The minimum absolute atomic E-state index is 0. The number of hydrogen-bond acceptors (Lipinski definition) is 4. The number of guanidine groups is 1. The molecular weight excluding hydrogens is 489 g/mol. The monoisotopic (exact) mass is 517 g/mol. The number of nitrogens with one attached hydrogen (secondary N) is 2. The van der Waals surface area contributed by atoms with Crippen LogP contribution in [-0.4, -0.2) is 49.1 Å². The van der Waals surface area contributed by atoms with Crippen LogP contribution >= 0.6 is 35.3 Å². The number of primary amides is 1. The number of rotatable bonds is 7. The molecule has 2 aromatic rings. The standard InChI is InChI=1S/C19H27N5O2S.HI/c20-18(25)24-11-7-15(8-12-24)23-19(21-9-5-16-3-1-13-26-16)22-10-6-17-4-2-14-27-17;/h1-4,13-15H,5-12H2,(H2,20,25)(H2,21,22,23);1H. The second-order valence-corrected chi connectivity index (χ2v) is 7.59. The average molecular weight is 517 g/mol. The van der Waals surface area contributed by atoms with Crippen LogP contribution in [0.4, 0.5) is 4.79 Å². The van der Waals surface area contributed by atoms with E-state index in [0.717, 1.165) is 50.5 Å². The van der Waals surface area contributed by atoms with Crippen molar-refractivity contribution < 1.29 is 9.21 Å². The normalized spacial score (nSPS) is 15.1. The van der Waals surface area contributed by atoms with E-state index in [1.807, 2.05) is 12.1 Å². The minimum atomic E-state index is -0.338. The van der Waals surface area contributed by atoms with Crippen molar-refractivity contribution in [2.75, 3.05) is 26.2 Å². The highest BCUT2D eigenvalue weighted by Gasteiger charge is 2.21. The van der Waals surface area contributed by atoms with Crippen LogP contribution in [0.5, 0.6) is 0 Å². The van der Waals surface area contributed by atoms with Crippen molar-refractivity contribution in [1.82, 2.24) is 15.5 Å². The van der Waals surface area contributed by atoms with Gasteiger partial charge in [-0.15, -0.1) is 35.3 Å². The summed E-state index contributed by atoms with van der Waals surface area (Å²) in [5.41, 5.74) is 5.36. The van der Waals surface area contributed by atoms with Crippen molar-refractivity contribution in [2.24, 2.45) is 10.7 Å². The first-order valence-corrected chi connectivity index (χ1v) is 10.2. The van der Waals surface area contributed by atoms with Gasteiger partial charge in [0.1, 0.15) is 5.76 Å². The van der Waals surface area contributed by atoms with Gasteiger partial charge < -0.3 is 25.7 Å². The number of nitrogens with two attached hydrogens (primary N) is 1. The molecule has 0 saturated carbocycles. The third kappa shape index (κ3) is 7.34. The van der Waals surface area contributed by atoms with Gasteiger partial charge in [-0.2, -0.15) is 0 Å². The molecule has 3 rings (SSSR count). The third-order valence-electron chi connectivity index (χ3n) is 4.60. The Bertz CT molecular complexity index is 713. The lowest BCUT2D eigenvalue weighted by molar-refractivity contribution is 0.188. The van der Waals surface area contributed by atoms with Crippen molar-refractivity contribution in [1.29, 1.82) is 0 Å². The average Bonchev–Trinajstić information content (AvgIpc) is 3.36. The number of piperidine rings is 1. The van der Waals surface area contributed by atoms with Crippen LogP contribution in [0.1, 0.15) is 23.5 Å². The molecule has 0 unspecified atom stereocenters. The summed E-state index contributed by atoms with van der Waals surface area (Å²) in [5.74, 6) is 1.77. The SMILES string of the molecule is I.NC(=O)N1CCC(NC(=NCCc2cccs2)NCCc2ccco2)CC1. The number of carbonyl (C=O) groups excluding carboxylic acids is 1. The van der Waals surface area contributed by atoms with Crippen LogP contribution in [-0.2, 0) is 12.8 Å². The van der Waals surface area contributed by atoms with Gasteiger partial charge in [-0.3, -0.25) is 4.99 Å². The Morgan fingerprint density at radius 1 is 1.29 bits per heavy atom. The second kappa shape index (κ2) is 11.9. The molecule has 9 heteroatoms. The molecule has 1 fully saturated rings. The summed E-state index contributed by atoms with van der Waals surface area (Å²) < 4.78 is 5.38. The van der Waals surface area contributed by atoms with Crippen molar-refractivity contribution in [2.45, 2.75) is 31.7 Å². The highest BCUT2D eigenvalue weighted by Crippen LogP contribution is 2.11. The Labute approximate surface area is 186 Å². The Kier molecular flexibility index (Phi) is 9.62. The number of aliphatic imine (C=N–C) groups is 1. The number of thiophene rings is 1. The first-order chi connectivity index (χ1) is 13.2. The van der Waals surface area contributed by atoms with Gasteiger partial charge in [-0.25, -0.2) is 4.79 Å². The third-order valence-corrected chi connectivity index (χ3v) is 5.54. The van der Waals surface area contributed by atoms with Crippen LogP contribution in [0, 0.1) is 0 Å². The molecular formula is C19H28IN5O2S. The lowest BCUT2D eigenvalue weighted by Gasteiger charge is -2.32. The van der Waals surface area contributed by atoms with Gasteiger partial charge in [0, 0.05) is 49.9 Å². The van der Waals surface area contributed by atoms with Gasteiger partial charge in [-0.1, -0.05) is 6.07 Å². The summed E-state index contributed by atoms with van der Waals surface area (Å²) in [7, 11) is 0. The van der Waals surface area contributed by atoms with Crippen molar-refractivity contribution in [3.8, 4) is 0 Å². The maximum absolute atomic E-state index is 11.3. The Morgan fingerprint density at radius 2 is 2.11 bits per heavy atom. The van der Waals surface area contributed by atoms with E-state index in [1.54, 1.807) is 22.5 Å². The van der Waals surface area contributed by atoms with E-state index in [0.29, 0.717) is 13.1 Å². The van der Waals surface area contributed by atoms with Crippen molar-refractivity contribution in [3.05, 3.63) is 46.5 Å². The molecule has 4 N–H and O–H groups in total. The van der Waals surface area contributed by atoms with Gasteiger partial charge >= 0.3 is 6.03 Å². The van der Waals surface area contributed by atoms with E-state index >= 15 is 0 Å². The number of likely N-dealkylation sites (tertiary alicyclic amines) is 1. The van der Waals surface area contributed by atoms with Crippen LogP contribution in [0.25, 0.3) is 0 Å². The fraction of sp³-hybridized carbons (Fsp3) is 0.474. The van der Waals surface area contributed by atoms with Crippen molar-refractivity contribution >= 4 is 47.3 Å². The Morgan fingerprint density at radius 3 is 2.75 bits per heavy atom. The lowest BCUT2D eigenvalue weighted by atomic mass is 10.1. The topological polar surface area (TPSA) is 95.9 Å². The summed E-state index contributed by atoms with van der Waals surface area (Å²) in [6, 6.07) is 8.03. The summed E-state index contributed by atoms with van der Waals surface area (Å²) >= 11 is 1.76. The largest absolute Gasteiger partial charge is 0.469 e. The molecule has 2 aromatic heterocycles. The van der Waals surface area contributed by atoms with Crippen LogP contribution in [0.3, 0.4) is 0 Å². The molecule has 2 amide bonds. The maximum Gasteiger partial charge on any atom is 0.314 e. The van der Waals surface area contributed by atoms with Crippen molar-refractivity contribution in [3.63, 3.8) is 0 Å². The first-order valence-electron chi connectivity index (χ1n) is 9.34. The summed E-state index contributed by atoms with van der Waals surface area (Å²) in [5, 5.41) is 8.99. The molecule has 1 aliphatic heterocycles. The molecule has 0 aromatic carbocycles. The van der Waals surface area contributed by atoms with E-state index in [-0.39, 0.29) is 36.0 Å². The number of halogens is 1. The summed E-state index contributed by atoms with van der Waals surface area (Å²) in [6.45, 7) is 2.85. The van der Waals surface area contributed by atoms with Crippen LogP contribution in [0.2, 0.25) is 0 Å². The zero-order valence-corrected chi connectivity index (χ0v) is 18.9. The molecule has 1 aliphatic rings. The molecule has 154 valence electrons. The van der Waals surface area contributed by atoms with E-state index in [2.05, 4.69) is 28.1 Å². The predicted octanol–water partition coefficient (Wildman–Crippen LogP) is 2.82. The Balaban J connectivity index is 0.00000280. The van der Waals surface area contributed by atoms with Crippen LogP contribution < -0.4 is 16.4 Å². The quantitative estimate of drug-likeness (QED) is 0.299. The highest BCUT2D eigenvalue weighted by molar-refractivity contribution is 14.0. The van der Waals surface area contributed by atoms with Gasteiger partial charge in [0.15, 0.2) is 5.96 Å². The van der Waals surface area contributed by atoms with Gasteiger partial charge in [0.05, 0.1) is 6.26 Å². The van der Waals surface area contributed by atoms with E-state index in [9.17, 15) is 4.79 Å². The van der Waals surface area contributed by atoms with E-state index in [4.69, 9.17) is 15.1 Å². The van der Waals surface area contributed by atoms with Gasteiger partial charge in [0.25, 0.3) is 0 Å². The smallest absolute Gasteiger partial charge is 0.314 e. The van der Waals surface area contributed by atoms with Gasteiger partial charge in [0.2, 0.25) is 0 Å². The molecule has 3 heterocycles. The number of urea groups is 1. The zero-order valence-electron chi connectivity index (χ0n) is 15.8. The molecule has 1 saturated heterocycles. The number of hydrogen-bond donors (Lipinski definition) is 3. The number of amides is 2. The molecule has 28 heavy (non-hydrogen) atoms. The fourth-order valence-electron chi connectivity index (χ4n) is 3.08. The number of carbonyl (C=O) groups is 1. The van der Waals surface area contributed by atoms with E-state index in [1.165, 1.54) is 4.88 Å². The molecule has 0 radical (unpaired) electrons. The Hall–Kier alpha value is -1.75. The van der Waals surface area contributed by atoms with Crippen LogP contribution in [0.15, 0.2) is 45.3 Å². The maximum atomic E-state index is 11.3. The zero-order chi connectivity index (χ0) is 18.9.